The first-order chi connectivity index (χ1) is 8.58. The topological polar surface area (TPSA) is 70.7 Å². The van der Waals surface area contributed by atoms with Crippen LogP contribution in [0.5, 0.6) is 0 Å². The van der Waals surface area contributed by atoms with Crippen LogP contribution in [0.3, 0.4) is 0 Å². The molecule has 1 saturated heterocycles. The van der Waals surface area contributed by atoms with Gasteiger partial charge in [0.15, 0.2) is 0 Å². The molecule has 0 radical (unpaired) electrons. The van der Waals surface area contributed by atoms with E-state index in [4.69, 9.17) is 5.11 Å². The highest BCUT2D eigenvalue weighted by Gasteiger charge is 2.34. The van der Waals surface area contributed by atoms with E-state index >= 15 is 0 Å². The highest BCUT2D eigenvalue weighted by atomic mass is 79.9. The summed E-state index contributed by atoms with van der Waals surface area (Å²) in [6.07, 6.45) is 2.72. The summed E-state index contributed by atoms with van der Waals surface area (Å²) in [7, 11) is 0. The van der Waals surface area contributed by atoms with Gasteiger partial charge in [0.2, 0.25) is 0 Å². The maximum atomic E-state index is 10.8. The molecule has 7 heteroatoms. The first-order valence-electron chi connectivity index (χ1n) is 5.55. The molecule has 0 aromatic carbocycles. The number of carboxylic acid groups (broad SMARTS) is 1. The Balaban J connectivity index is 2.00. The van der Waals surface area contributed by atoms with Gasteiger partial charge < -0.3 is 10.0 Å². The quantitative estimate of drug-likeness (QED) is 0.873. The van der Waals surface area contributed by atoms with Crippen LogP contribution in [0.2, 0.25) is 0 Å². The number of likely N-dealkylation sites (tertiary alicyclic amines) is 1. The molecule has 94 valence electrons. The van der Waals surface area contributed by atoms with Gasteiger partial charge in [-0.15, -0.1) is 0 Å². The first kappa shape index (κ1) is 11.5. The van der Waals surface area contributed by atoms with Crippen LogP contribution in [0.15, 0.2) is 17.0 Å². The van der Waals surface area contributed by atoms with Gasteiger partial charge in [-0.05, 0) is 22.9 Å². The first-order valence-corrected chi connectivity index (χ1v) is 6.34. The number of aryl methyl sites for hydroxylation is 1. The van der Waals surface area contributed by atoms with Crippen LogP contribution in [-0.2, 0) is 0 Å². The third-order valence-electron chi connectivity index (χ3n) is 3.24. The number of halogens is 1. The largest absolute Gasteiger partial charge is 0.465 e. The van der Waals surface area contributed by atoms with E-state index in [-0.39, 0.29) is 5.92 Å². The average molecular weight is 311 g/mol. The molecular weight excluding hydrogens is 300 g/mol. The zero-order chi connectivity index (χ0) is 12.9. The molecule has 0 spiro atoms. The van der Waals surface area contributed by atoms with Crippen LogP contribution in [0, 0.1) is 6.92 Å². The van der Waals surface area contributed by atoms with Crippen molar-refractivity contribution in [1.29, 1.82) is 0 Å². The monoisotopic (exact) mass is 310 g/mol. The third-order valence-corrected chi connectivity index (χ3v) is 3.79. The summed E-state index contributed by atoms with van der Waals surface area (Å²) in [4.78, 5) is 20.9. The van der Waals surface area contributed by atoms with Crippen molar-refractivity contribution in [3.63, 3.8) is 0 Å². The highest BCUT2D eigenvalue weighted by Crippen LogP contribution is 2.30. The zero-order valence-corrected chi connectivity index (χ0v) is 11.3. The molecule has 2 aromatic rings. The molecule has 3 rings (SSSR count). The minimum atomic E-state index is -0.871. The number of nitrogens with zero attached hydrogens (tertiary/aromatic N) is 4. The van der Waals surface area contributed by atoms with Gasteiger partial charge in [0.05, 0.1) is 11.6 Å². The van der Waals surface area contributed by atoms with Gasteiger partial charge in [-0.2, -0.15) is 0 Å². The molecule has 0 saturated carbocycles. The van der Waals surface area contributed by atoms with E-state index in [0.717, 1.165) is 21.6 Å². The predicted molar refractivity (Wildman–Crippen MR) is 67.8 cm³/mol. The minimum Gasteiger partial charge on any atom is -0.465 e. The second-order valence-corrected chi connectivity index (χ2v) is 5.13. The molecule has 1 aliphatic heterocycles. The second kappa shape index (κ2) is 3.94. The number of imidazole rings is 1. The van der Waals surface area contributed by atoms with Crippen molar-refractivity contribution in [3.8, 4) is 0 Å². The Kier molecular flexibility index (Phi) is 2.51. The summed E-state index contributed by atoms with van der Waals surface area (Å²) < 4.78 is 2.74. The van der Waals surface area contributed by atoms with Gasteiger partial charge >= 0.3 is 6.09 Å². The predicted octanol–water partition coefficient (Wildman–Crippen LogP) is 1.88. The van der Waals surface area contributed by atoms with Crippen LogP contribution < -0.4 is 0 Å². The van der Waals surface area contributed by atoms with Gasteiger partial charge in [0.1, 0.15) is 15.9 Å². The van der Waals surface area contributed by atoms with Crippen LogP contribution in [0.4, 0.5) is 4.79 Å². The number of aromatic nitrogens is 3. The molecule has 1 fully saturated rings. The fourth-order valence-corrected chi connectivity index (χ4v) is 2.91. The number of hydrogen-bond acceptors (Lipinski definition) is 3. The molecule has 1 aliphatic rings. The summed E-state index contributed by atoms with van der Waals surface area (Å²) in [5.41, 5.74) is 1.85. The number of hydrogen-bond donors (Lipinski definition) is 1. The summed E-state index contributed by atoms with van der Waals surface area (Å²) in [6, 6.07) is 0. The van der Waals surface area contributed by atoms with E-state index in [1.807, 2.05) is 17.5 Å². The molecule has 2 aromatic heterocycles. The number of fused-ring (bicyclic) bond motifs is 1. The lowest BCUT2D eigenvalue weighted by atomic mass is 10.0. The third kappa shape index (κ3) is 1.58. The smallest absolute Gasteiger partial charge is 0.407 e. The lowest BCUT2D eigenvalue weighted by Gasteiger charge is -2.36. The lowest BCUT2D eigenvalue weighted by molar-refractivity contribution is 0.103. The fourth-order valence-electron chi connectivity index (χ4n) is 2.25. The van der Waals surface area contributed by atoms with E-state index in [0.29, 0.717) is 13.1 Å². The molecule has 1 amide bonds. The van der Waals surface area contributed by atoms with Gasteiger partial charge in [-0.25, -0.2) is 9.78 Å². The van der Waals surface area contributed by atoms with Crippen LogP contribution in [0.25, 0.3) is 5.52 Å². The van der Waals surface area contributed by atoms with Crippen molar-refractivity contribution in [2.45, 2.75) is 12.8 Å². The summed E-state index contributed by atoms with van der Waals surface area (Å²) in [5.74, 6) is 1.04. The van der Waals surface area contributed by atoms with Crippen LogP contribution in [0.1, 0.15) is 17.4 Å². The molecule has 0 aliphatic carbocycles. The van der Waals surface area contributed by atoms with E-state index in [9.17, 15) is 4.79 Å². The molecular formula is C11H11BrN4O2. The maximum Gasteiger partial charge on any atom is 0.407 e. The number of rotatable bonds is 1. The Bertz CT molecular complexity index is 633. The van der Waals surface area contributed by atoms with Crippen LogP contribution >= 0.6 is 15.9 Å². The van der Waals surface area contributed by atoms with E-state index < -0.39 is 6.09 Å². The fraction of sp³-hybridized carbons (Fsp3) is 0.364. The van der Waals surface area contributed by atoms with Gasteiger partial charge in [0.25, 0.3) is 0 Å². The van der Waals surface area contributed by atoms with E-state index in [1.165, 1.54) is 4.90 Å². The van der Waals surface area contributed by atoms with Gasteiger partial charge in [-0.3, -0.25) is 9.38 Å². The Hall–Kier alpha value is -1.63. The SMILES string of the molecule is Cc1nccn2c(C3CN(C(=O)O)C3)nc(Br)c12. The maximum absolute atomic E-state index is 10.8. The normalized spacial score (nSPS) is 16.0. The molecule has 0 atom stereocenters. The van der Waals surface area contributed by atoms with Crippen molar-refractivity contribution in [3.05, 3.63) is 28.5 Å². The summed E-state index contributed by atoms with van der Waals surface area (Å²) in [5, 5.41) is 8.84. The van der Waals surface area contributed by atoms with Crippen molar-refractivity contribution >= 4 is 27.5 Å². The van der Waals surface area contributed by atoms with Crippen molar-refractivity contribution in [2.24, 2.45) is 0 Å². The standard InChI is InChI=1S/C11H11BrN4O2/c1-6-8-9(12)14-10(16(8)3-2-13-6)7-4-15(5-7)11(17)18/h2-3,7H,4-5H2,1H3,(H,17,18). The number of amides is 1. The van der Waals surface area contributed by atoms with Crippen LogP contribution in [-0.4, -0.2) is 43.6 Å². The Morgan fingerprint density at radius 3 is 2.94 bits per heavy atom. The molecule has 3 heterocycles. The second-order valence-electron chi connectivity index (χ2n) is 4.38. The molecule has 0 bridgehead atoms. The summed E-state index contributed by atoms with van der Waals surface area (Å²) in [6.45, 7) is 2.93. The molecule has 1 N–H and O–H groups in total. The Labute approximate surface area is 111 Å². The van der Waals surface area contributed by atoms with E-state index in [2.05, 4.69) is 25.9 Å². The average Bonchev–Trinajstić information content (AvgIpc) is 2.55. The zero-order valence-electron chi connectivity index (χ0n) is 9.67. The van der Waals surface area contributed by atoms with E-state index in [1.54, 1.807) is 6.20 Å². The van der Waals surface area contributed by atoms with Gasteiger partial charge in [-0.1, -0.05) is 0 Å². The molecule has 0 unspecified atom stereocenters. The van der Waals surface area contributed by atoms with Crippen molar-refractivity contribution < 1.29 is 9.90 Å². The highest BCUT2D eigenvalue weighted by molar-refractivity contribution is 9.10. The number of carbonyl (C=O) groups is 1. The Morgan fingerprint density at radius 1 is 1.56 bits per heavy atom. The Morgan fingerprint density at radius 2 is 2.28 bits per heavy atom. The van der Waals surface area contributed by atoms with Crippen molar-refractivity contribution in [2.75, 3.05) is 13.1 Å². The van der Waals surface area contributed by atoms with Gasteiger partial charge in [0, 0.05) is 25.5 Å². The molecule has 6 nitrogen and oxygen atoms in total. The minimum absolute atomic E-state index is 0.154. The van der Waals surface area contributed by atoms with Crippen molar-refractivity contribution in [1.82, 2.24) is 19.3 Å². The summed E-state index contributed by atoms with van der Waals surface area (Å²) >= 11 is 3.43. The molecule has 18 heavy (non-hydrogen) atoms. The lowest BCUT2D eigenvalue weighted by Crippen LogP contribution is -2.48.